The first kappa shape index (κ1) is 10.3. The van der Waals surface area contributed by atoms with Crippen molar-refractivity contribution in [3.8, 4) is 5.75 Å². The number of benzene rings is 1. The molecule has 0 amide bonds. The molecule has 2 rings (SSSR count). The standard InChI is InChI=1S/C11H11ClO3/c1-6-7-3-2-4-15-10(7)9(12)5-8(6)11(13)14/h5H,2-4H2,1H3,(H,13,14). The molecule has 1 aliphatic rings. The van der Waals surface area contributed by atoms with Gasteiger partial charge in [0.05, 0.1) is 17.2 Å². The van der Waals surface area contributed by atoms with Crippen LogP contribution in [-0.4, -0.2) is 17.7 Å². The van der Waals surface area contributed by atoms with Crippen LogP contribution in [0.15, 0.2) is 6.07 Å². The van der Waals surface area contributed by atoms with E-state index in [0.29, 0.717) is 17.4 Å². The maximum Gasteiger partial charge on any atom is 0.336 e. The lowest BCUT2D eigenvalue weighted by atomic mass is 9.96. The molecule has 0 bridgehead atoms. The zero-order valence-corrected chi connectivity index (χ0v) is 9.10. The Kier molecular flexibility index (Phi) is 2.57. The van der Waals surface area contributed by atoms with E-state index in [1.54, 1.807) is 6.92 Å². The number of hydrogen-bond acceptors (Lipinski definition) is 2. The van der Waals surface area contributed by atoms with Gasteiger partial charge in [-0.1, -0.05) is 11.6 Å². The van der Waals surface area contributed by atoms with Gasteiger partial charge in [-0.25, -0.2) is 4.79 Å². The second-order valence-electron chi connectivity index (χ2n) is 3.60. The van der Waals surface area contributed by atoms with Crippen LogP contribution >= 0.6 is 11.6 Å². The van der Waals surface area contributed by atoms with Gasteiger partial charge in [-0.2, -0.15) is 0 Å². The van der Waals surface area contributed by atoms with Crippen LogP contribution in [0.4, 0.5) is 0 Å². The normalized spacial score (nSPS) is 14.3. The van der Waals surface area contributed by atoms with E-state index in [0.717, 1.165) is 24.0 Å². The molecule has 3 nitrogen and oxygen atoms in total. The van der Waals surface area contributed by atoms with E-state index in [1.165, 1.54) is 6.07 Å². The van der Waals surface area contributed by atoms with E-state index in [4.69, 9.17) is 21.4 Å². The second kappa shape index (κ2) is 3.74. The maximum atomic E-state index is 11.0. The first-order chi connectivity index (χ1) is 7.11. The highest BCUT2D eigenvalue weighted by atomic mass is 35.5. The fraction of sp³-hybridized carbons (Fsp3) is 0.364. The lowest BCUT2D eigenvalue weighted by Crippen LogP contribution is -2.13. The van der Waals surface area contributed by atoms with Gasteiger partial charge in [0.1, 0.15) is 5.75 Å². The highest BCUT2D eigenvalue weighted by Crippen LogP contribution is 2.36. The highest BCUT2D eigenvalue weighted by Gasteiger charge is 2.21. The van der Waals surface area contributed by atoms with Gasteiger partial charge in [-0.3, -0.25) is 0 Å². The summed E-state index contributed by atoms with van der Waals surface area (Å²) in [5, 5.41) is 9.39. The van der Waals surface area contributed by atoms with E-state index >= 15 is 0 Å². The van der Waals surface area contributed by atoms with Crippen LogP contribution in [0.5, 0.6) is 5.75 Å². The van der Waals surface area contributed by atoms with E-state index in [1.807, 2.05) is 0 Å². The predicted molar refractivity (Wildman–Crippen MR) is 57.0 cm³/mol. The Bertz CT molecular complexity index is 426. The Hall–Kier alpha value is -1.22. The molecule has 0 aliphatic carbocycles. The topological polar surface area (TPSA) is 46.5 Å². The molecule has 1 aliphatic heterocycles. The molecule has 0 fully saturated rings. The monoisotopic (exact) mass is 226 g/mol. The van der Waals surface area contributed by atoms with E-state index < -0.39 is 5.97 Å². The van der Waals surface area contributed by atoms with Gasteiger partial charge in [0, 0.05) is 0 Å². The van der Waals surface area contributed by atoms with Crippen molar-refractivity contribution in [1.29, 1.82) is 0 Å². The number of fused-ring (bicyclic) bond motifs is 1. The molecule has 1 aromatic rings. The van der Waals surface area contributed by atoms with Crippen molar-refractivity contribution in [2.45, 2.75) is 19.8 Å². The van der Waals surface area contributed by atoms with Gasteiger partial charge in [0.25, 0.3) is 0 Å². The molecule has 4 heteroatoms. The molecule has 15 heavy (non-hydrogen) atoms. The zero-order chi connectivity index (χ0) is 11.0. The molecule has 1 N–H and O–H groups in total. The summed E-state index contributed by atoms with van der Waals surface area (Å²) in [7, 11) is 0. The SMILES string of the molecule is Cc1c(C(=O)O)cc(Cl)c2c1CCCO2. The Morgan fingerprint density at radius 3 is 3.00 bits per heavy atom. The van der Waals surface area contributed by atoms with Gasteiger partial charge < -0.3 is 9.84 Å². The van der Waals surface area contributed by atoms with Crippen molar-refractivity contribution < 1.29 is 14.6 Å². The zero-order valence-electron chi connectivity index (χ0n) is 8.34. The van der Waals surface area contributed by atoms with Crippen molar-refractivity contribution in [1.82, 2.24) is 0 Å². The molecule has 1 aromatic carbocycles. The molecule has 0 unspecified atom stereocenters. The summed E-state index contributed by atoms with van der Waals surface area (Å²) in [6.45, 7) is 2.45. The third kappa shape index (κ3) is 1.67. The molecule has 1 heterocycles. The average Bonchev–Trinajstić information content (AvgIpc) is 2.23. The van der Waals surface area contributed by atoms with Crippen molar-refractivity contribution in [2.75, 3.05) is 6.61 Å². The summed E-state index contributed by atoms with van der Waals surface area (Å²) in [5.41, 5.74) is 1.97. The van der Waals surface area contributed by atoms with E-state index in [9.17, 15) is 4.79 Å². The first-order valence-electron chi connectivity index (χ1n) is 4.79. The van der Waals surface area contributed by atoms with Crippen LogP contribution in [-0.2, 0) is 6.42 Å². The molecule has 80 valence electrons. The molecule has 0 aromatic heterocycles. The Morgan fingerprint density at radius 1 is 1.60 bits per heavy atom. The molecular weight excluding hydrogens is 216 g/mol. The van der Waals surface area contributed by atoms with Crippen molar-refractivity contribution >= 4 is 17.6 Å². The second-order valence-corrected chi connectivity index (χ2v) is 4.00. The number of aromatic carboxylic acids is 1. The number of carbonyl (C=O) groups is 1. The van der Waals surface area contributed by atoms with E-state index in [2.05, 4.69) is 0 Å². The van der Waals surface area contributed by atoms with Crippen molar-refractivity contribution in [3.63, 3.8) is 0 Å². The quantitative estimate of drug-likeness (QED) is 0.801. The molecule has 0 spiro atoms. The number of carboxylic acids is 1. The van der Waals surface area contributed by atoms with E-state index in [-0.39, 0.29) is 5.56 Å². The maximum absolute atomic E-state index is 11.0. The van der Waals surface area contributed by atoms with Crippen molar-refractivity contribution in [3.05, 3.63) is 27.8 Å². The number of halogens is 1. The van der Waals surface area contributed by atoms with Gasteiger partial charge in [0.2, 0.25) is 0 Å². The number of ether oxygens (including phenoxy) is 1. The largest absolute Gasteiger partial charge is 0.492 e. The van der Waals surface area contributed by atoms with Crippen LogP contribution in [0.2, 0.25) is 5.02 Å². The third-order valence-corrected chi connectivity index (χ3v) is 2.95. The smallest absolute Gasteiger partial charge is 0.336 e. The van der Waals surface area contributed by atoms with Gasteiger partial charge >= 0.3 is 5.97 Å². The predicted octanol–water partition coefficient (Wildman–Crippen LogP) is 2.67. The summed E-state index contributed by atoms with van der Waals surface area (Å²) in [5.74, 6) is -0.284. The van der Waals surface area contributed by atoms with Gasteiger partial charge in [-0.15, -0.1) is 0 Å². The van der Waals surface area contributed by atoms with Gasteiger partial charge in [0.15, 0.2) is 0 Å². The third-order valence-electron chi connectivity index (χ3n) is 2.67. The summed E-state index contributed by atoms with van der Waals surface area (Å²) in [6, 6.07) is 1.46. The van der Waals surface area contributed by atoms with Crippen LogP contribution < -0.4 is 4.74 Å². The minimum Gasteiger partial charge on any atom is -0.492 e. The Balaban J connectivity index is 2.64. The molecule has 0 atom stereocenters. The Labute approximate surface area is 92.6 Å². The summed E-state index contributed by atoms with van der Waals surface area (Å²) in [6.07, 6.45) is 1.75. The first-order valence-corrected chi connectivity index (χ1v) is 5.17. The fourth-order valence-electron chi connectivity index (χ4n) is 1.88. The molecule has 0 saturated heterocycles. The van der Waals surface area contributed by atoms with Crippen LogP contribution in [0.1, 0.15) is 27.9 Å². The summed E-state index contributed by atoms with van der Waals surface area (Å²) >= 11 is 5.98. The minimum absolute atomic E-state index is 0.268. The minimum atomic E-state index is -0.942. The van der Waals surface area contributed by atoms with Crippen LogP contribution in [0, 0.1) is 6.92 Å². The number of carboxylic acid groups (broad SMARTS) is 1. The molecule has 0 saturated carbocycles. The molecule has 0 radical (unpaired) electrons. The van der Waals surface area contributed by atoms with Gasteiger partial charge in [-0.05, 0) is 37.0 Å². The summed E-state index contributed by atoms with van der Waals surface area (Å²) in [4.78, 5) is 11.0. The molecular formula is C11H11ClO3. The number of rotatable bonds is 1. The lowest BCUT2D eigenvalue weighted by Gasteiger charge is -2.21. The van der Waals surface area contributed by atoms with Crippen LogP contribution in [0.3, 0.4) is 0 Å². The number of hydrogen-bond donors (Lipinski definition) is 1. The Morgan fingerprint density at radius 2 is 2.33 bits per heavy atom. The summed E-state index contributed by atoms with van der Waals surface area (Å²) < 4.78 is 5.44. The van der Waals surface area contributed by atoms with Crippen LogP contribution in [0.25, 0.3) is 0 Å². The lowest BCUT2D eigenvalue weighted by molar-refractivity contribution is 0.0696. The highest BCUT2D eigenvalue weighted by molar-refractivity contribution is 6.32. The fourth-order valence-corrected chi connectivity index (χ4v) is 2.16. The average molecular weight is 227 g/mol. The van der Waals surface area contributed by atoms with Crippen molar-refractivity contribution in [2.24, 2.45) is 0 Å².